The highest BCUT2D eigenvalue weighted by Gasteiger charge is 2.37. The molecule has 0 N–H and O–H groups in total. The Kier molecular flexibility index (Phi) is 3.37. The molecule has 18 heavy (non-hydrogen) atoms. The second-order valence-electron chi connectivity index (χ2n) is 5.26. The molecule has 2 fully saturated rings. The van der Waals surface area contributed by atoms with E-state index in [0.29, 0.717) is 11.7 Å². The van der Waals surface area contributed by atoms with E-state index in [-0.39, 0.29) is 5.91 Å². The van der Waals surface area contributed by atoms with Crippen molar-refractivity contribution in [1.29, 1.82) is 0 Å². The molecular weight excluding hydrogens is 292 g/mol. The van der Waals surface area contributed by atoms with Crippen molar-refractivity contribution < 1.29 is 4.79 Å². The van der Waals surface area contributed by atoms with Crippen molar-refractivity contribution in [2.45, 2.75) is 38.1 Å². The predicted octanol–water partition coefficient (Wildman–Crippen LogP) is 3.25. The van der Waals surface area contributed by atoms with Crippen LogP contribution in [0.15, 0.2) is 22.8 Å². The number of piperidine rings is 1. The van der Waals surface area contributed by atoms with Crippen molar-refractivity contribution in [1.82, 2.24) is 9.88 Å². The number of amides is 1. The average Bonchev–Trinajstić information content (AvgIpc) is 2.87. The minimum absolute atomic E-state index is 0.110. The van der Waals surface area contributed by atoms with Crippen LogP contribution in [0.5, 0.6) is 0 Å². The maximum atomic E-state index is 12.5. The van der Waals surface area contributed by atoms with Gasteiger partial charge in [0, 0.05) is 23.3 Å². The molecule has 1 aliphatic carbocycles. The molecule has 1 aromatic rings. The first-order valence-electron chi connectivity index (χ1n) is 6.68. The Hall–Kier alpha value is -0.900. The van der Waals surface area contributed by atoms with Crippen molar-refractivity contribution in [3.05, 3.63) is 28.5 Å². The number of hydrogen-bond acceptors (Lipinski definition) is 2. The van der Waals surface area contributed by atoms with Crippen LogP contribution in [0.3, 0.4) is 0 Å². The van der Waals surface area contributed by atoms with Gasteiger partial charge in [0.25, 0.3) is 5.91 Å². The van der Waals surface area contributed by atoms with E-state index in [9.17, 15) is 4.79 Å². The molecule has 1 aromatic heterocycles. The van der Waals surface area contributed by atoms with Gasteiger partial charge in [-0.1, -0.05) is 6.42 Å². The molecule has 0 radical (unpaired) electrons. The quantitative estimate of drug-likeness (QED) is 0.798. The normalized spacial score (nSPS) is 27.1. The topological polar surface area (TPSA) is 33.2 Å². The number of aromatic nitrogens is 1. The van der Waals surface area contributed by atoms with E-state index in [1.165, 1.54) is 25.7 Å². The molecule has 1 aliphatic heterocycles. The van der Waals surface area contributed by atoms with Crippen LogP contribution in [-0.4, -0.2) is 28.4 Å². The summed E-state index contributed by atoms with van der Waals surface area (Å²) in [6.07, 6.45) is 7.87. The number of halogens is 1. The zero-order valence-electron chi connectivity index (χ0n) is 10.3. The SMILES string of the molecule is O=C(c1ccc(Br)cn1)N1CCCC2CCCC21. The second-order valence-corrected chi connectivity index (χ2v) is 6.18. The molecule has 2 unspecified atom stereocenters. The molecule has 3 rings (SSSR count). The molecule has 96 valence electrons. The Morgan fingerprint density at radius 2 is 2.11 bits per heavy atom. The minimum Gasteiger partial charge on any atom is -0.334 e. The Morgan fingerprint density at radius 1 is 1.28 bits per heavy atom. The highest BCUT2D eigenvalue weighted by molar-refractivity contribution is 9.10. The van der Waals surface area contributed by atoms with Gasteiger partial charge in [0.2, 0.25) is 0 Å². The van der Waals surface area contributed by atoms with Gasteiger partial charge in [-0.25, -0.2) is 4.98 Å². The lowest BCUT2D eigenvalue weighted by Crippen LogP contribution is -2.46. The van der Waals surface area contributed by atoms with Crippen molar-refractivity contribution >= 4 is 21.8 Å². The minimum atomic E-state index is 0.110. The Labute approximate surface area is 116 Å². The summed E-state index contributed by atoms with van der Waals surface area (Å²) in [4.78, 5) is 18.8. The fourth-order valence-electron chi connectivity index (χ4n) is 3.36. The van der Waals surface area contributed by atoms with Crippen LogP contribution in [0.25, 0.3) is 0 Å². The van der Waals surface area contributed by atoms with Crippen LogP contribution in [0.2, 0.25) is 0 Å². The van der Waals surface area contributed by atoms with Crippen LogP contribution in [0.4, 0.5) is 0 Å². The maximum absolute atomic E-state index is 12.5. The number of pyridine rings is 1. The molecule has 3 nitrogen and oxygen atoms in total. The van der Waals surface area contributed by atoms with Crippen LogP contribution >= 0.6 is 15.9 Å². The van der Waals surface area contributed by atoms with Crippen molar-refractivity contribution in [2.24, 2.45) is 5.92 Å². The standard InChI is InChI=1S/C14H17BrN2O/c15-11-6-7-12(16-9-11)14(18)17-8-2-4-10-3-1-5-13(10)17/h6-7,9-10,13H,1-5,8H2. The van der Waals surface area contributed by atoms with Gasteiger partial charge in [-0.3, -0.25) is 4.79 Å². The molecular formula is C14H17BrN2O. The van der Waals surface area contributed by atoms with Gasteiger partial charge in [-0.05, 0) is 59.7 Å². The van der Waals surface area contributed by atoms with Crippen molar-refractivity contribution in [3.8, 4) is 0 Å². The third kappa shape index (κ3) is 2.18. The zero-order valence-corrected chi connectivity index (χ0v) is 11.9. The lowest BCUT2D eigenvalue weighted by molar-refractivity contribution is 0.0542. The van der Waals surface area contributed by atoms with E-state index in [4.69, 9.17) is 0 Å². The lowest BCUT2D eigenvalue weighted by Gasteiger charge is -2.37. The highest BCUT2D eigenvalue weighted by atomic mass is 79.9. The molecule has 0 bridgehead atoms. The number of hydrogen-bond donors (Lipinski definition) is 0. The maximum Gasteiger partial charge on any atom is 0.272 e. The number of likely N-dealkylation sites (tertiary alicyclic amines) is 1. The zero-order chi connectivity index (χ0) is 12.5. The highest BCUT2D eigenvalue weighted by Crippen LogP contribution is 2.37. The fraction of sp³-hybridized carbons (Fsp3) is 0.571. The van der Waals surface area contributed by atoms with Gasteiger partial charge in [0.1, 0.15) is 5.69 Å². The van der Waals surface area contributed by atoms with Crippen LogP contribution < -0.4 is 0 Å². The monoisotopic (exact) mass is 308 g/mol. The molecule has 2 heterocycles. The van der Waals surface area contributed by atoms with Gasteiger partial charge in [-0.2, -0.15) is 0 Å². The number of nitrogens with zero attached hydrogens (tertiary/aromatic N) is 2. The molecule has 2 aliphatic rings. The molecule has 0 spiro atoms. The van der Waals surface area contributed by atoms with Crippen LogP contribution in [0, 0.1) is 5.92 Å². The van der Waals surface area contributed by atoms with E-state index in [0.717, 1.165) is 23.4 Å². The summed E-state index contributed by atoms with van der Waals surface area (Å²) in [6.45, 7) is 0.901. The summed E-state index contributed by atoms with van der Waals surface area (Å²) < 4.78 is 0.913. The lowest BCUT2D eigenvalue weighted by atomic mass is 9.92. The Morgan fingerprint density at radius 3 is 2.89 bits per heavy atom. The number of carbonyl (C=O) groups is 1. The average molecular weight is 309 g/mol. The van der Waals surface area contributed by atoms with Gasteiger partial charge in [0.15, 0.2) is 0 Å². The summed E-state index contributed by atoms with van der Waals surface area (Å²) in [5, 5.41) is 0. The summed E-state index contributed by atoms with van der Waals surface area (Å²) in [7, 11) is 0. The van der Waals surface area contributed by atoms with Crippen LogP contribution in [0.1, 0.15) is 42.6 Å². The van der Waals surface area contributed by atoms with Crippen molar-refractivity contribution in [3.63, 3.8) is 0 Å². The summed E-state index contributed by atoms with van der Waals surface area (Å²) in [6, 6.07) is 4.16. The third-order valence-corrected chi connectivity index (χ3v) is 4.67. The fourth-order valence-corrected chi connectivity index (χ4v) is 3.59. The molecule has 2 atom stereocenters. The van der Waals surface area contributed by atoms with E-state index in [2.05, 4.69) is 25.8 Å². The third-order valence-electron chi connectivity index (χ3n) is 4.20. The predicted molar refractivity (Wildman–Crippen MR) is 73.3 cm³/mol. The molecule has 1 amide bonds. The first-order valence-corrected chi connectivity index (χ1v) is 7.47. The smallest absolute Gasteiger partial charge is 0.272 e. The second kappa shape index (κ2) is 5.00. The molecule has 0 aromatic carbocycles. The Bertz CT molecular complexity index is 446. The molecule has 1 saturated heterocycles. The van der Waals surface area contributed by atoms with Gasteiger partial charge < -0.3 is 4.90 Å². The van der Waals surface area contributed by atoms with Crippen LogP contribution in [-0.2, 0) is 0 Å². The number of rotatable bonds is 1. The largest absolute Gasteiger partial charge is 0.334 e. The first kappa shape index (κ1) is 12.2. The molecule has 4 heteroatoms. The summed E-state index contributed by atoms with van der Waals surface area (Å²) >= 11 is 3.35. The summed E-state index contributed by atoms with van der Waals surface area (Å²) in [5.41, 5.74) is 0.575. The van der Waals surface area contributed by atoms with Crippen molar-refractivity contribution in [2.75, 3.05) is 6.54 Å². The van der Waals surface area contributed by atoms with Gasteiger partial charge in [-0.15, -0.1) is 0 Å². The van der Waals surface area contributed by atoms with E-state index < -0.39 is 0 Å². The molecule has 1 saturated carbocycles. The number of fused-ring (bicyclic) bond motifs is 1. The summed E-state index contributed by atoms with van der Waals surface area (Å²) in [5.74, 6) is 0.845. The van der Waals surface area contributed by atoms with Gasteiger partial charge >= 0.3 is 0 Å². The first-order chi connectivity index (χ1) is 8.75. The van der Waals surface area contributed by atoms with E-state index in [1.807, 2.05) is 12.1 Å². The number of carbonyl (C=O) groups excluding carboxylic acids is 1. The van der Waals surface area contributed by atoms with E-state index >= 15 is 0 Å². The van der Waals surface area contributed by atoms with E-state index in [1.54, 1.807) is 6.20 Å². The van der Waals surface area contributed by atoms with Gasteiger partial charge in [0.05, 0.1) is 0 Å². The Balaban J connectivity index is 1.81.